The van der Waals surface area contributed by atoms with Crippen molar-refractivity contribution in [3.8, 4) is 5.75 Å². The first-order valence-corrected chi connectivity index (χ1v) is 9.71. The number of carbonyl (C=O) groups excluding carboxylic acids is 2. The van der Waals surface area contributed by atoms with Gasteiger partial charge in [-0.25, -0.2) is 9.82 Å². The molecule has 0 bridgehead atoms. The molecule has 31 heavy (non-hydrogen) atoms. The summed E-state index contributed by atoms with van der Waals surface area (Å²) in [4.78, 5) is 37.6. The summed E-state index contributed by atoms with van der Waals surface area (Å²) in [6.07, 6.45) is 1.37. The molecule has 1 aliphatic heterocycles. The van der Waals surface area contributed by atoms with Crippen molar-refractivity contribution in [2.75, 3.05) is 0 Å². The molecule has 8 heteroatoms. The Balaban J connectivity index is 1.72. The van der Waals surface area contributed by atoms with Gasteiger partial charge in [0.15, 0.2) is 17.7 Å². The molecule has 2 aromatic carbocycles. The van der Waals surface area contributed by atoms with Crippen LogP contribution in [0.15, 0.2) is 65.6 Å². The molecule has 1 aliphatic rings. The molecule has 1 unspecified atom stereocenters. The van der Waals surface area contributed by atoms with Crippen molar-refractivity contribution in [1.29, 1.82) is 0 Å². The van der Waals surface area contributed by atoms with Gasteiger partial charge in [0, 0.05) is 6.20 Å². The standard InChI is InChI=1S/C23H20FN3O4/c1-15-25-27(11-16-7-9-19(24)10-8-16)23(30)20-22(21(29)18(13-28)12-26(15)20)31-14-17-5-3-2-4-6-17/h2-10,12-13,15,25H,11,14H2,1H3. The zero-order valence-corrected chi connectivity index (χ0v) is 16.7. The van der Waals surface area contributed by atoms with Crippen LogP contribution < -0.4 is 15.6 Å². The molecule has 1 amide bonds. The smallest absolute Gasteiger partial charge is 0.289 e. The Kier molecular flexibility index (Phi) is 5.64. The molecule has 0 radical (unpaired) electrons. The van der Waals surface area contributed by atoms with Crippen LogP contribution >= 0.6 is 0 Å². The second kappa shape index (κ2) is 8.53. The van der Waals surface area contributed by atoms with Crippen LogP contribution in [0.1, 0.15) is 45.1 Å². The predicted octanol–water partition coefficient (Wildman–Crippen LogP) is 3.06. The van der Waals surface area contributed by atoms with E-state index >= 15 is 0 Å². The van der Waals surface area contributed by atoms with E-state index in [1.807, 2.05) is 30.3 Å². The van der Waals surface area contributed by atoms with Crippen molar-refractivity contribution in [2.45, 2.75) is 26.2 Å². The maximum Gasteiger partial charge on any atom is 0.289 e. The van der Waals surface area contributed by atoms with Crippen LogP contribution in [0.3, 0.4) is 0 Å². The first kappa shape index (κ1) is 20.5. The number of hydrogen-bond donors (Lipinski definition) is 1. The van der Waals surface area contributed by atoms with Crippen LogP contribution in [0, 0.1) is 5.82 Å². The maximum absolute atomic E-state index is 13.3. The van der Waals surface area contributed by atoms with Crippen LogP contribution in [-0.2, 0) is 13.2 Å². The van der Waals surface area contributed by atoms with Crippen molar-refractivity contribution >= 4 is 12.2 Å². The SMILES string of the molecule is CC1NN(Cc2ccc(F)cc2)C(=O)c2c(OCc3ccccc3)c(=O)c(C=O)cn21. The van der Waals surface area contributed by atoms with E-state index in [2.05, 4.69) is 5.43 Å². The number of hydrogen-bond acceptors (Lipinski definition) is 5. The topological polar surface area (TPSA) is 80.6 Å². The lowest BCUT2D eigenvalue weighted by Crippen LogP contribution is -2.51. The van der Waals surface area contributed by atoms with Gasteiger partial charge in [0.05, 0.1) is 18.3 Å². The Labute approximate surface area is 177 Å². The highest BCUT2D eigenvalue weighted by Gasteiger charge is 2.33. The largest absolute Gasteiger partial charge is 0.483 e. The van der Waals surface area contributed by atoms with Crippen LogP contribution in [0.2, 0.25) is 0 Å². The van der Waals surface area contributed by atoms with Gasteiger partial charge in [-0.15, -0.1) is 0 Å². The fraction of sp³-hybridized carbons (Fsp3) is 0.174. The summed E-state index contributed by atoms with van der Waals surface area (Å²) in [5.74, 6) is -1.03. The number of nitrogens with zero attached hydrogens (tertiary/aromatic N) is 2. The molecule has 0 saturated carbocycles. The number of aromatic nitrogens is 1. The van der Waals surface area contributed by atoms with Crippen LogP contribution in [0.4, 0.5) is 4.39 Å². The highest BCUT2D eigenvalue weighted by molar-refractivity contribution is 5.96. The Hall–Kier alpha value is -3.78. The summed E-state index contributed by atoms with van der Waals surface area (Å²) in [6, 6.07) is 15.0. The Bertz CT molecular complexity index is 1180. The number of benzene rings is 2. The zero-order chi connectivity index (χ0) is 22.0. The number of fused-ring (bicyclic) bond motifs is 1. The van der Waals surface area contributed by atoms with Crippen molar-refractivity contribution in [2.24, 2.45) is 0 Å². The number of aldehydes is 1. The van der Waals surface area contributed by atoms with Gasteiger partial charge in [-0.1, -0.05) is 42.5 Å². The first-order chi connectivity index (χ1) is 15.0. The lowest BCUT2D eigenvalue weighted by atomic mass is 10.1. The summed E-state index contributed by atoms with van der Waals surface area (Å²) in [7, 11) is 0. The summed E-state index contributed by atoms with van der Waals surface area (Å²) in [5.41, 5.74) is 3.88. The van der Waals surface area contributed by atoms with Gasteiger partial charge >= 0.3 is 0 Å². The van der Waals surface area contributed by atoms with E-state index in [0.29, 0.717) is 11.8 Å². The number of hydrazine groups is 1. The number of nitrogens with one attached hydrogen (secondary N) is 1. The van der Waals surface area contributed by atoms with Gasteiger partial charge in [0.1, 0.15) is 12.4 Å². The van der Waals surface area contributed by atoms with Gasteiger partial charge < -0.3 is 9.30 Å². The van der Waals surface area contributed by atoms with Gasteiger partial charge in [-0.3, -0.25) is 19.4 Å². The number of rotatable bonds is 6. The Morgan fingerprint density at radius 3 is 2.45 bits per heavy atom. The van der Waals surface area contributed by atoms with Crippen molar-refractivity contribution in [3.63, 3.8) is 0 Å². The Morgan fingerprint density at radius 2 is 1.77 bits per heavy atom. The van der Waals surface area contributed by atoms with Crippen molar-refractivity contribution in [3.05, 3.63) is 99.2 Å². The van der Waals surface area contributed by atoms with E-state index in [1.165, 1.54) is 27.9 Å². The van der Waals surface area contributed by atoms with Gasteiger partial charge in [0.2, 0.25) is 5.43 Å². The second-order valence-corrected chi connectivity index (χ2v) is 7.21. The predicted molar refractivity (Wildman–Crippen MR) is 111 cm³/mol. The molecule has 3 aromatic rings. The minimum Gasteiger partial charge on any atom is -0.483 e. The van der Waals surface area contributed by atoms with E-state index < -0.39 is 17.5 Å². The van der Waals surface area contributed by atoms with Crippen LogP contribution in [-0.4, -0.2) is 21.8 Å². The van der Waals surface area contributed by atoms with Crippen molar-refractivity contribution in [1.82, 2.24) is 15.0 Å². The molecule has 0 spiro atoms. The minimum absolute atomic E-state index is 0.0555. The summed E-state index contributed by atoms with van der Waals surface area (Å²) >= 11 is 0. The molecule has 0 fully saturated rings. The number of halogens is 1. The zero-order valence-electron chi connectivity index (χ0n) is 16.7. The average molecular weight is 421 g/mol. The average Bonchev–Trinajstić information content (AvgIpc) is 2.78. The van der Waals surface area contributed by atoms with E-state index in [4.69, 9.17) is 4.74 Å². The molecular formula is C23H20FN3O4. The van der Waals surface area contributed by atoms with Gasteiger partial charge in [-0.05, 0) is 30.2 Å². The molecule has 7 nitrogen and oxygen atoms in total. The highest BCUT2D eigenvalue weighted by atomic mass is 19.1. The monoisotopic (exact) mass is 421 g/mol. The van der Waals surface area contributed by atoms with E-state index in [0.717, 1.165) is 5.56 Å². The summed E-state index contributed by atoms with van der Waals surface area (Å²) < 4.78 is 20.5. The van der Waals surface area contributed by atoms with E-state index in [-0.39, 0.29) is 36.0 Å². The lowest BCUT2D eigenvalue weighted by Gasteiger charge is -2.36. The second-order valence-electron chi connectivity index (χ2n) is 7.21. The molecule has 1 aromatic heterocycles. The summed E-state index contributed by atoms with van der Waals surface area (Å²) in [5, 5.41) is 1.35. The normalized spacial score (nSPS) is 15.5. The molecule has 1 atom stereocenters. The van der Waals surface area contributed by atoms with Gasteiger partial charge in [0.25, 0.3) is 5.91 Å². The highest BCUT2D eigenvalue weighted by Crippen LogP contribution is 2.26. The van der Waals surface area contributed by atoms with E-state index in [1.54, 1.807) is 19.1 Å². The third kappa shape index (κ3) is 4.10. The molecule has 2 heterocycles. The van der Waals surface area contributed by atoms with Gasteiger partial charge in [-0.2, -0.15) is 0 Å². The number of pyridine rings is 1. The number of amides is 1. The third-order valence-electron chi connectivity index (χ3n) is 5.03. The molecule has 4 rings (SSSR count). The fourth-order valence-electron chi connectivity index (χ4n) is 3.45. The first-order valence-electron chi connectivity index (χ1n) is 9.71. The molecular weight excluding hydrogens is 401 g/mol. The molecule has 158 valence electrons. The quantitative estimate of drug-likeness (QED) is 0.619. The Morgan fingerprint density at radius 1 is 1.06 bits per heavy atom. The number of carbonyl (C=O) groups is 2. The third-order valence-corrected chi connectivity index (χ3v) is 5.03. The number of ether oxygens (including phenoxy) is 1. The van der Waals surface area contributed by atoms with Crippen LogP contribution in [0.5, 0.6) is 5.75 Å². The molecule has 0 aliphatic carbocycles. The molecule has 0 saturated heterocycles. The molecule has 1 N–H and O–H groups in total. The lowest BCUT2D eigenvalue weighted by molar-refractivity contribution is 0.0451. The fourth-order valence-corrected chi connectivity index (χ4v) is 3.45. The minimum atomic E-state index is -0.638. The van der Waals surface area contributed by atoms with Crippen molar-refractivity contribution < 1.29 is 18.7 Å². The summed E-state index contributed by atoms with van der Waals surface area (Å²) in [6.45, 7) is 2.01. The maximum atomic E-state index is 13.3. The van der Waals surface area contributed by atoms with Crippen LogP contribution in [0.25, 0.3) is 0 Å². The van der Waals surface area contributed by atoms with E-state index in [9.17, 15) is 18.8 Å².